The zero-order valence-corrected chi connectivity index (χ0v) is 10.8. The van der Waals surface area contributed by atoms with Crippen molar-refractivity contribution in [2.75, 3.05) is 6.54 Å². The highest BCUT2D eigenvalue weighted by atomic mass is 35.5. The Labute approximate surface area is 101 Å². The molecule has 1 aromatic carbocycles. The molecule has 0 atom stereocenters. The number of rotatable bonds is 4. The Kier molecular flexibility index (Phi) is 4.13. The van der Waals surface area contributed by atoms with Crippen molar-refractivity contribution >= 4 is 21.6 Å². The van der Waals surface area contributed by atoms with Gasteiger partial charge in [0.15, 0.2) is 0 Å². The Morgan fingerprint density at radius 2 is 2.00 bits per heavy atom. The topological polar surface area (TPSA) is 46.2 Å². The molecule has 0 saturated carbocycles. The number of aryl methyl sites for hydroxylation is 2. The average Bonchev–Trinajstić information content (AvgIpc) is 2.20. The van der Waals surface area contributed by atoms with E-state index in [2.05, 4.69) is 11.3 Å². The molecule has 0 aliphatic rings. The third kappa shape index (κ3) is 2.84. The first-order valence-electron chi connectivity index (χ1n) is 4.76. The molecule has 0 aliphatic carbocycles. The Bertz CT molecular complexity index is 509. The Morgan fingerprint density at radius 3 is 2.56 bits per heavy atom. The quantitative estimate of drug-likeness (QED) is 0.844. The first-order valence-corrected chi connectivity index (χ1v) is 6.62. The van der Waals surface area contributed by atoms with Crippen molar-refractivity contribution in [1.82, 2.24) is 4.72 Å². The highest BCUT2D eigenvalue weighted by Gasteiger charge is 2.16. The largest absolute Gasteiger partial charge is 0.241 e. The summed E-state index contributed by atoms with van der Waals surface area (Å²) in [6, 6.07) is 3.22. The van der Waals surface area contributed by atoms with E-state index in [1.807, 2.05) is 0 Å². The second kappa shape index (κ2) is 4.99. The van der Waals surface area contributed by atoms with Crippen LogP contribution in [0.2, 0.25) is 5.02 Å². The van der Waals surface area contributed by atoms with Gasteiger partial charge in [0.25, 0.3) is 0 Å². The molecule has 0 bridgehead atoms. The average molecular weight is 260 g/mol. The summed E-state index contributed by atoms with van der Waals surface area (Å²) < 4.78 is 26.2. The van der Waals surface area contributed by atoms with Crippen molar-refractivity contribution in [2.24, 2.45) is 0 Å². The molecule has 0 unspecified atom stereocenters. The lowest BCUT2D eigenvalue weighted by Crippen LogP contribution is -2.24. The molecule has 88 valence electrons. The van der Waals surface area contributed by atoms with Crippen molar-refractivity contribution in [1.29, 1.82) is 0 Å². The molecule has 0 saturated heterocycles. The van der Waals surface area contributed by atoms with E-state index in [-0.39, 0.29) is 11.4 Å². The summed E-state index contributed by atoms with van der Waals surface area (Å²) in [6.45, 7) is 7.16. The van der Waals surface area contributed by atoms with Gasteiger partial charge in [-0.3, -0.25) is 0 Å². The standard InChI is InChI=1S/C11H14ClNO2S/c1-4-5-13-16(14,15)11-7-8(2)10(12)6-9(11)3/h4,6-7,13H,1,5H2,2-3H3. The molecule has 0 spiro atoms. The molecular formula is C11H14ClNO2S. The fourth-order valence-electron chi connectivity index (χ4n) is 1.29. The predicted octanol–water partition coefficient (Wildman–Crippen LogP) is 2.42. The van der Waals surface area contributed by atoms with E-state index < -0.39 is 10.0 Å². The molecule has 1 N–H and O–H groups in total. The Balaban J connectivity index is 3.23. The lowest BCUT2D eigenvalue weighted by Gasteiger charge is -2.10. The van der Waals surface area contributed by atoms with Gasteiger partial charge in [-0.1, -0.05) is 17.7 Å². The van der Waals surface area contributed by atoms with Gasteiger partial charge in [0, 0.05) is 11.6 Å². The highest BCUT2D eigenvalue weighted by Crippen LogP contribution is 2.23. The number of benzene rings is 1. The molecule has 3 nitrogen and oxygen atoms in total. The number of sulfonamides is 1. The van der Waals surface area contributed by atoms with Crippen LogP contribution in [0, 0.1) is 13.8 Å². The Morgan fingerprint density at radius 1 is 1.38 bits per heavy atom. The second-order valence-electron chi connectivity index (χ2n) is 3.51. The van der Waals surface area contributed by atoms with E-state index in [4.69, 9.17) is 11.6 Å². The lowest BCUT2D eigenvalue weighted by molar-refractivity contribution is 0.585. The van der Waals surface area contributed by atoms with Gasteiger partial charge >= 0.3 is 0 Å². The summed E-state index contributed by atoms with van der Waals surface area (Å²) in [4.78, 5) is 0.260. The van der Waals surface area contributed by atoms with Crippen molar-refractivity contribution in [2.45, 2.75) is 18.7 Å². The van der Waals surface area contributed by atoms with Gasteiger partial charge in [0.05, 0.1) is 4.90 Å². The summed E-state index contributed by atoms with van der Waals surface area (Å²) in [5, 5.41) is 0.570. The van der Waals surface area contributed by atoms with E-state index in [1.54, 1.807) is 26.0 Å². The summed E-state index contributed by atoms with van der Waals surface area (Å²) in [5.74, 6) is 0. The molecule has 0 fully saturated rings. The van der Waals surface area contributed by atoms with Gasteiger partial charge in [0.1, 0.15) is 0 Å². The minimum absolute atomic E-state index is 0.212. The molecule has 0 amide bonds. The zero-order chi connectivity index (χ0) is 12.3. The van der Waals surface area contributed by atoms with E-state index in [0.717, 1.165) is 5.56 Å². The maximum atomic E-state index is 11.9. The maximum absolute atomic E-state index is 11.9. The highest BCUT2D eigenvalue weighted by molar-refractivity contribution is 7.89. The van der Waals surface area contributed by atoms with Crippen LogP contribution in [-0.2, 0) is 10.0 Å². The lowest BCUT2D eigenvalue weighted by atomic mass is 10.2. The number of hydrogen-bond acceptors (Lipinski definition) is 2. The van der Waals surface area contributed by atoms with Crippen molar-refractivity contribution in [3.63, 3.8) is 0 Å². The van der Waals surface area contributed by atoms with Crippen molar-refractivity contribution < 1.29 is 8.42 Å². The van der Waals surface area contributed by atoms with E-state index in [1.165, 1.54) is 6.08 Å². The Hall–Kier alpha value is -0.840. The molecule has 0 radical (unpaired) electrons. The van der Waals surface area contributed by atoms with Crippen LogP contribution in [0.4, 0.5) is 0 Å². The predicted molar refractivity (Wildman–Crippen MR) is 66.3 cm³/mol. The van der Waals surface area contributed by atoms with Crippen LogP contribution < -0.4 is 4.72 Å². The summed E-state index contributed by atoms with van der Waals surface area (Å²) >= 11 is 5.91. The SMILES string of the molecule is C=CCNS(=O)(=O)c1cc(C)c(Cl)cc1C. The van der Waals surface area contributed by atoms with Gasteiger partial charge in [-0.05, 0) is 37.1 Å². The van der Waals surface area contributed by atoms with Crippen LogP contribution >= 0.6 is 11.6 Å². The van der Waals surface area contributed by atoms with E-state index in [0.29, 0.717) is 10.6 Å². The van der Waals surface area contributed by atoms with Gasteiger partial charge in [-0.2, -0.15) is 0 Å². The van der Waals surface area contributed by atoms with E-state index in [9.17, 15) is 8.42 Å². The molecular weight excluding hydrogens is 246 g/mol. The minimum atomic E-state index is -3.47. The molecule has 5 heteroatoms. The van der Waals surface area contributed by atoms with Crippen LogP contribution in [0.5, 0.6) is 0 Å². The van der Waals surface area contributed by atoms with Crippen LogP contribution in [0.15, 0.2) is 29.7 Å². The minimum Gasteiger partial charge on any atom is -0.207 e. The van der Waals surface area contributed by atoms with Gasteiger partial charge in [0.2, 0.25) is 10.0 Å². The van der Waals surface area contributed by atoms with Crippen LogP contribution in [0.1, 0.15) is 11.1 Å². The first kappa shape index (κ1) is 13.2. The van der Waals surface area contributed by atoms with Crippen LogP contribution in [0.3, 0.4) is 0 Å². The van der Waals surface area contributed by atoms with Gasteiger partial charge in [-0.15, -0.1) is 6.58 Å². The fourth-order valence-corrected chi connectivity index (χ4v) is 2.82. The fraction of sp³-hybridized carbons (Fsp3) is 0.273. The summed E-state index contributed by atoms with van der Waals surface area (Å²) in [6.07, 6.45) is 1.50. The molecule has 1 rings (SSSR count). The summed E-state index contributed by atoms with van der Waals surface area (Å²) in [7, 11) is -3.47. The smallest absolute Gasteiger partial charge is 0.207 e. The van der Waals surface area contributed by atoms with Crippen molar-refractivity contribution in [3.8, 4) is 0 Å². The van der Waals surface area contributed by atoms with E-state index >= 15 is 0 Å². The van der Waals surface area contributed by atoms with Gasteiger partial charge in [-0.25, -0.2) is 13.1 Å². The molecule has 0 aliphatic heterocycles. The zero-order valence-electron chi connectivity index (χ0n) is 9.25. The van der Waals surface area contributed by atoms with Gasteiger partial charge < -0.3 is 0 Å². The van der Waals surface area contributed by atoms with Crippen LogP contribution in [-0.4, -0.2) is 15.0 Å². The molecule has 16 heavy (non-hydrogen) atoms. The molecule has 0 aromatic heterocycles. The number of halogens is 1. The molecule has 0 heterocycles. The third-order valence-electron chi connectivity index (χ3n) is 2.16. The number of hydrogen-bond donors (Lipinski definition) is 1. The number of nitrogens with one attached hydrogen (secondary N) is 1. The first-order chi connectivity index (χ1) is 7.38. The van der Waals surface area contributed by atoms with Crippen LogP contribution in [0.25, 0.3) is 0 Å². The monoisotopic (exact) mass is 259 g/mol. The molecule has 1 aromatic rings. The maximum Gasteiger partial charge on any atom is 0.241 e. The van der Waals surface area contributed by atoms with Crippen molar-refractivity contribution in [3.05, 3.63) is 40.9 Å². The normalized spacial score (nSPS) is 11.4. The second-order valence-corrected chi connectivity index (χ2v) is 5.65. The third-order valence-corrected chi connectivity index (χ3v) is 4.14. The summed E-state index contributed by atoms with van der Waals surface area (Å²) in [5.41, 5.74) is 1.37.